The van der Waals surface area contributed by atoms with E-state index in [2.05, 4.69) is 0 Å². The van der Waals surface area contributed by atoms with Crippen molar-refractivity contribution in [1.82, 2.24) is 0 Å². The van der Waals surface area contributed by atoms with Crippen LogP contribution in [-0.2, 0) is 4.74 Å². The molecule has 8 nitrogen and oxygen atoms in total. The predicted octanol–water partition coefficient (Wildman–Crippen LogP) is 0.0182. The van der Waals surface area contributed by atoms with E-state index in [1.807, 2.05) is 0 Å². The Labute approximate surface area is 132 Å². The second-order valence-corrected chi connectivity index (χ2v) is 6.26. The Morgan fingerprint density at radius 3 is 2.32 bits per heavy atom. The Balaban J connectivity index is 5.24. The van der Waals surface area contributed by atoms with Crippen LogP contribution in [0.1, 0.15) is 46.0 Å². The molecule has 0 aliphatic heterocycles. The highest BCUT2D eigenvalue weighted by atomic mass is 16.6. The van der Waals surface area contributed by atoms with Gasteiger partial charge in [-0.05, 0) is 38.8 Å². The maximum absolute atomic E-state index is 11.2. The number of nitrogens with two attached hydrogens (primary N) is 2. The van der Waals surface area contributed by atoms with Crippen molar-refractivity contribution >= 4 is 0 Å². The van der Waals surface area contributed by atoms with E-state index >= 15 is 0 Å². The molecule has 0 aromatic carbocycles. The van der Waals surface area contributed by atoms with Crippen molar-refractivity contribution in [2.24, 2.45) is 11.5 Å². The van der Waals surface area contributed by atoms with Gasteiger partial charge in [0.2, 0.25) is 5.54 Å². The number of aliphatic hydroxyl groups excluding tert-OH is 1. The van der Waals surface area contributed by atoms with Gasteiger partial charge in [-0.3, -0.25) is 10.1 Å². The first kappa shape index (κ1) is 21.2. The Hall–Kier alpha value is -0.800. The van der Waals surface area contributed by atoms with Gasteiger partial charge in [-0.15, -0.1) is 0 Å². The van der Waals surface area contributed by atoms with Crippen LogP contribution in [0.3, 0.4) is 0 Å². The smallest absolute Gasteiger partial charge is 0.219 e. The number of ether oxygens (including phenoxy) is 1. The van der Waals surface area contributed by atoms with Gasteiger partial charge in [0, 0.05) is 25.2 Å². The van der Waals surface area contributed by atoms with Gasteiger partial charge in [0.15, 0.2) is 0 Å². The number of nitrogens with zero attached hydrogens (tertiary/aromatic N) is 1. The zero-order valence-electron chi connectivity index (χ0n) is 13.7. The van der Waals surface area contributed by atoms with Crippen molar-refractivity contribution in [2.45, 2.75) is 63.2 Å². The van der Waals surface area contributed by atoms with E-state index < -0.39 is 22.2 Å². The highest BCUT2D eigenvalue weighted by Gasteiger charge is 2.46. The molecule has 2 unspecified atom stereocenters. The van der Waals surface area contributed by atoms with Crippen LogP contribution in [0.5, 0.6) is 0 Å². The summed E-state index contributed by atoms with van der Waals surface area (Å²) in [5, 5.41) is 31.2. The molecule has 132 valence electrons. The van der Waals surface area contributed by atoms with E-state index in [0.29, 0.717) is 38.8 Å². The number of rotatable bonds is 13. The SMILES string of the molecule is CC(C)(CC(O)(CCCN)C(CCCN)OCCO)[N+](=O)[O-]. The number of aliphatic hydroxyl groups is 2. The summed E-state index contributed by atoms with van der Waals surface area (Å²) in [5.74, 6) is 0. The van der Waals surface area contributed by atoms with Crippen molar-refractivity contribution in [3.8, 4) is 0 Å². The first-order chi connectivity index (χ1) is 10.2. The molecule has 0 heterocycles. The Morgan fingerprint density at radius 2 is 1.86 bits per heavy atom. The van der Waals surface area contributed by atoms with Crippen molar-refractivity contribution < 1.29 is 19.9 Å². The molecule has 0 saturated carbocycles. The summed E-state index contributed by atoms with van der Waals surface area (Å²) < 4.78 is 5.56. The quantitative estimate of drug-likeness (QED) is 0.276. The normalized spacial score (nSPS) is 16.3. The minimum Gasteiger partial charge on any atom is -0.394 e. The number of hydrogen-bond acceptors (Lipinski definition) is 7. The third kappa shape index (κ3) is 6.97. The highest BCUT2D eigenvalue weighted by molar-refractivity contribution is 4.93. The average Bonchev–Trinajstić information content (AvgIpc) is 2.44. The van der Waals surface area contributed by atoms with E-state index in [4.69, 9.17) is 21.3 Å². The van der Waals surface area contributed by atoms with Gasteiger partial charge < -0.3 is 26.4 Å². The first-order valence-electron chi connectivity index (χ1n) is 7.73. The van der Waals surface area contributed by atoms with Crippen LogP contribution in [0.4, 0.5) is 0 Å². The summed E-state index contributed by atoms with van der Waals surface area (Å²) in [6, 6.07) is 0. The number of hydrogen-bond donors (Lipinski definition) is 4. The van der Waals surface area contributed by atoms with E-state index in [0.717, 1.165) is 0 Å². The Bertz CT molecular complexity index is 320. The molecule has 0 aliphatic rings. The molecule has 0 aromatic rings. The summed E-state index contributed by atoms with van der Waals surface area (Å²) in [7, 11) is 0. The fourth-order valence-electron chi connectivity index (χ4n) is 2.59. The molecule has 0 rings (SSSR count). The van der Waals surface area contributed by atoms with Crippen LogP contribution in [0.25, 0.3) is 0 Å². The second-order valence-electron chi connectivity index (χ2n) is 6.26. The third-order valence-electron chi connectivity index (χ3n) is 3.73. The van der Waals surface area contributed by atoms with Gasteiger partial charge >= 0.3 is 0 Å². The van der Waals surface area contributed by atoms with Crippen molar-refractivity contribution in [3.05, 3.63) is 10.1 Å². The minimum absolute atomic E-state index is 0.0479. The molecule has 0 spiro atoms. The third-order valence-corrected chi connectivity index (χ3v) is 3.73. The van der Waals surface area contributed by atoms with Gasteiger partial charge in [-0.2, -0.15) is 0 Å². The fourth-order valence-corrected chi connectivity index (χ4v) is 2.59. The van der Waals surface area contributed by atoms with Crippen LogP contribution in [0.2, 0.25) is 0 Å². The molecule has 0 saturated heterocycles. The average molecular weight is 321 g/mol. The summed E-state index contributed by atoms with van der Waals surface area (Å²) >= 11 is 0. The van der Waals surface area contributed by atoms with Crippen molar-refractivity contribution in [3.63, 3.8) is 0 Å². The van der Waals surface area contributed by atoms with Crippen LogP contribution in [0.15, 0.2) is 0 Å². The molecule has 0 fully saturated rings. The maximum atomic E-state index is 11.2. The predicted molar refractivity (Wildman–Crippen MR) is 84.0 cm³/mol. The summed E-state index contributed by atoms with van der Waals surface area (Å²) in [6.07, 6.45) is 1.28. The van der Waals surface area contributed by atoms with E-state index in [1.165, 1.54) is 13.8 Å². The van der Waals surface area contributed by atoms with E-state index in [1.54, 1.807) is 0 Å². The summed E-state index contributed by atoms with van der Waals surface area (Å²) in [5.41, 5.74) is 8.36. The topological polar surface area (TPSA) is 145 Å². The van der Waals surface area contributed by atoms with Crippen LogP contribution >= 0.6 is 0 Å². The monoisotopic (exact) mass is 321 g/mol. The van der Waals surface area contributed by atoms with E-state index in [-0.39, 0.29) is 19.6 Å². The second kappa shape index (κ2) is 10.1. The molecule has 0 amide bonds. The Morgan fingerprint density at radius 1 is 1.27 bits per heavy atom. The number of nitro groups is 1. The zero-order valence-corrected chi connectivity index (χ0v) is 13.7. The molecule has 8 heteroatoms. The largest absolute Gasteiger partial charge is 0.394 e. The lowest BCUT2D eigenvalue weighted by atomic mass is 9.78. The molecule has 0 radical (unpaired) electrons. The summed E-state index contributed by atoms with van der Waals surface area (Å²) in [6.45, 7) is 3.66. The fraction of sp³-hybridized carbons (Fsp3) is 1.00. The molecular weight excluding hydrogens is 290 g/mol. The maximum Gasteiger partial charge on any atom is 0.219 e. The van der Waals surface area contributed by atoms with Crippen LogP contribution in [-0.4, -0.2) is 58.7 Å². The van der Waals surface area contributed by atoms with Gasteiger partial charge in [0.05, 0.1) is 24.9 Å². The molecule has 6 N–H and O–H groups in total. The lowest BCUT2D eigenvalue weighted by Crippen LogP contribution is -2.51. The van der Waals surface area contributed by atoms with Crippen molar-refractivity contribution in [1.29, 1.82) is 0 Å². The molecule has 0 bridgehead atoms. The first-order valence-corrected chi connectivity index (χ1v) is 7.73. The minimum atomic E-state index is -1.37. The highest BCUT2D eigenvalue weighted by Crippen LogP contribution is 2.33. The molecular formula is C14H31N3O5. The molecule has 22 heavy (non-hydrogen) atoms. The van der Waals surface area contributed by atoms with Gasteiger partial charge in [-0.1, -0.05) is 0 Å². The molecule has 0 aliphatic carbocycles. The van der Waals surface area contributed by atoms with Gasteiger partial charge in [-0.25, -0.2) is 0 Å². The van der Waals surface area contributed by atoms with E-state index in [9.17, 15) is 15.2 Å². The van der Waals surface area contributed by atoms with Crippen LogP contribution < -0.4 is 11.5 Å². The van der Waals surface area contributed by atoms with Crippen LogP contribution in [0, 0.1) is 10.1 Å². The zero-order chi connectivity index (χ0) is 17.2. The van der Waals surface area contributed by atoms with Gasteiger partial charge in [0.25, 0.3) is 0 Å². The molecule has 2 atom stereocenters. The van der Waals surface area contributed by atoms with Crippen molar-refractivity contribution in [2.75, 3.05) is 26.3 Å². The lowest BCUT2D eigenvalue weighted by Gasteiger charge is -2.38. The van der Waals surface area contributed by atoms with Gasteiger partial charge in [0.1, 0.15) is 0 Å². The summed E-state index contributed by atoms with van der Waals surface area (Å²) in [4.78, 5) is 10.8. The standard InChI is InChI=1S/C14H31N3O5/c1-13(2,17(20)21)11-14(19,6-4-8-16)12(5-3-7-15)22-10-9-18/h12,18-19H,3-11,15-16H2,1-2H3. The molecule has 0 aromatic heterocycles. The Kier molecular flexibility index (Phi) is 9.70. The lowest BCUT2D eigenvalue weighted by molar-refractivity contribution is -0.565.